The van der Waals surface area contributed by atoms with Crippen molar-refractivity contribution in [3.05, 3.63) is 27.3 Å². The van der Waals surface area contributed by atoms with Gasteiger partial charge in [0.05, 0.1) is 5.25 Å². The molecule has 1 aromatic carbocycles. The second-order valence-electron chi connectivity index (χ2n) is 3.53. The molecule has 0 saturated carbocycles. The summed E-state index contributed by atoms with van der Waals surface area (Å²) < 4.78 is 1.11. The largest absolute Gasteiger partial charge is 0.360 e. The number of hydrogen-bond acceptors (Lipinski definition) is 3. The first-order valence-electron chi connectivity index (χ1n) is 4.93. The second kappa shape index (κ2) is 6.25. The SMILES string of the molecule is Cc1cc(I)ccc1NC(=O)C(C)SC(N)=O. The van der Waals surface area contributed by atoms with E-state index >= 15 is 0 Å². The summed E-state index contributed by atoms with van der Waals surface area (Å²) in [5.41, 5.74) is 6.76. The van der Waals surface area contributed by atoms with Crippen molar-refractivity contribution in [2.75, 3.05) is 5.32 Å². The van der Waals surface area contributed by atoms with Crippen LogP contribution in [0.1, 0.15) is 12.5 Å². The Hall–Kier alpha value is -0.760. The maximum Gasteiger partial charge on any atom is 0.277 e. The van der Waals surface area contributed by atoms with Crippen LogP contribution in [0.5, 0.6) is 0 Å². The van der Waals surface area contributed by atoms with Crippen LogP contribution in [0.15, 0.2) is 18.2 Å². The molecule has 6 heteroatoms. The third-order valence-electron chi connectivity index (χ3n) is 2.11. The number of amides is 2. The normalized spacial score (nSPS) is 11.9. The zero-order valence-corrected chi connectivity index (χ0v) is 12.5. The molecule has 0 bridgehead atoms. The average Bonchev–Trinajstić information content (AvgIpc) is 2.21. The van der Waals surface area contributed by atoms with Crippen molar-refractivity contribution in [2.45, 2.75) is 19.1 Å². The van der Waals surface area contributed by atoms with E-state index in [1.54, 1.807) is 6.92 Å². The van der Waals surface area contributed by atoms with Crippen molar-refractivity contribution in [2.24, 2.45) is 5.73 Å². The van der Waals surface area contributed by atoms with Gasteiger partial charge in [0.15, 0.2) is 0 Å². The first-order chi connectivity index (χ1) is 7.90. The summed E-state index contributed by atoms with van der Waals surface area (Å²) in [6.07, 6.45) is 0. The molecule has 17 heavy (non-hydrogen) atoms. The smallest absolute Gasteiger partial charge is 0.277 e. The van der Waals surface area contributed by atoms with Crippen LogP contribution >= 0.6 is 34.4 Å². The van der Waals surface area contributed by atoms with E-state index in [2.05, 4.69) is 27.9 Å². The Balaban J connectivity index is 2.71. The van der Waals surface area contributed by atoms with Crippen LogP contribution in [-0.4, -0.2) is 16.4 Å². The van der Waals surface area contributed by atoms with Crippen molar-refractivity contribution >= 4 is 51.2 Å². The zero-order valence-electron chi connectivity index (χ0n) is 9.49. The van der Waals surface area contributed by atoms with Gasteiger partial charge in [-0.2, -0.15) is 0 Å². The molecular formula is C11H13IN2O2S. The van der Waals surface area contributed by atoms with Crippen molar-refractivity contribution in [1.82, 2.24) is 0 Å². The molecule has 0 aliphatic rings. The Morgan fingerprint density at radius 3 is 2.65 bits per heavy atom. The van der Waals surface area contributed by atoms with E-state index in [0.29, 0.717) is 0 Å². The molecule has 0 aliphatic heterocycles. The molecule has 2 amide bonds. The third kappa shape index (κ3) is 4.55. The Morgan fingerprint density at radius 1 is 1.47 bits per heavy atom. The van der Waals surface area contributed by atoms with E-state index in [1.165, 1.54) is 0 Å². The molecule has 1 unspecified atom stereocenters. The number of carbonyl (C=O) groups is 2. The number of halogens is 1. The van der Waals surface area contributed by atoms with Crippen molar-refractivity contribution < 1.29 is 9.59 Å². The average molecular weight is 364 g/mol. The Morgan fingerprint density at radius 2 is 2.12 bits per heavy atom. The monoisotopic (exact) mass is 364 g/mol. The van der Waals surface area contributed by atoms with Crippen LogP contribution in [-0.2, 0) is 4.79 Å². The van der Waals surface area contributed by atoms with E-state index in [1.807, 2.05) is 25.1 Å². The predicted octanol–water partition coefficient (Wildman–Crippen LogP) is 2.74. The highest BCUT2D eigenvalue weighted by Crippen LogP contribution is 2.19. The van der Waals surface area contributed by atoms with E-state index in [0.717, 1.165) is 26.6 Å². The number of nitrogens with two attached hydrogens (primary N) is 1. The number of carbonyl (C=O) groups excluding carboxylic acids is 2. The van der Waals surface area contributed by atoms with Crippen molar-refractivity contribution in [3.63, 3.8) is 0 Å². The topological polar surface area (TPSA) is 72.2 Å². The number of benzene rings is 1. The standard InChI is InChI=1S/C11H13IN2O2S/c1-6-5-8(12)3-4-9(6)14-10(15)7(2)17-11(13)16/h3-5,7H,1-2H3,(H2,13,16)(H,14,15). The summed E-state index contributed by atoms with van der Waals surface area (Å²) in [4.78, 5) is 22.4. The molecule has 0 radical (unpaired) electrons. The van der Waals surface area contributed by atoms with Crippen molar-refractivity contribution in [3.8, 4) is 0 Å². The van der Waals surface area contributed by atoms with Crippen LogP contribution in [0.25, 0.3) is 0 Å². The number of primary amides is 1. The number of aryl methyl sites for hydroxylation is 1. The highest BCUT2D eigenvalue weighted by atomic mass is 127. The molecule has 1 atom stereocenters. The number of nitrogens with one attached hydrogen (secondary N) is 1. The molecule has 92 valence electrons. The first kappa shape index (κ1) is 14.3. The lowest BCUT2D eigenvalue weighted by molar-refractivity contribution is -0.115. The number of anilines is 1. The molecule has 0 saturated heterocycles. The molecular weight excluding hydrogens is 351 g/mol. The maximum atomic E-state index is 11.7. The van der Waals surface area contributed by atoms with Crippen LogP contribution < -0.4 is 11.1 Å². The lowest BCUT2D eigenvalue weighted by Gasteiger charge is -2.12. The van der Waals surface area contributed by atoms with Crippen LogP contribution in [0.4, 0.5) is 10.5 Å². The molecule has 3 N–H and O–H groups in total. The number of thioether (sulfide) groups is 1. The highest BCUT2D eigenvalue weighted by molar-refractivity contribution is 14.1. The first-order valence-corrected chi connectivity index (χ1v) is 6.89. The van der Waals surface area contributed by atoms with Gasteiger partial charge in [0.25, 0.3) is 5.24 Å². The maximum absolute atomic E-state index is 11.7. The van der Waals surface area contributed by atoms with Gasteiger partial charge in [-0.3, -0.25) is 9.59 Å². The van der Waals surface area contributed by atoms with Gasteiger partial charge in [-0.25, -0.2) is 0 Å². The molecule has 1 rings (SSSR count). The predicted molar refractivity (Wildman–Crippen MR) is 79.2 cm³/mol. The molecule has 0 aliphatic carbocycles. The lowest BCUT2D eigenvalue weighted by Crippen LogP contribution is -2.25. The van der Waals surface area contributed by atoms with Gasteiger partial charge < -0.3 is 11.1 Å². The fourth-order valence-electron chi connectivity index (χ4n) is 1.23. The summed E-state index contributed by atoms with van der Waals surface area (Å²) >= 11 is 3.02. The van der Waals surface area contributed by atoms with Crippen LogP contribution in [0.2, 0.25) is 0 Å². The quantitative estimate of drug-likeness (QED) is 0.811. The minimum Gasteiger partial charge on any atom is -0.360 e. The summed E-state index contributed by atoms with van der Waals surface area (Å²) in [7, 11) is 0. The fourth-order valence-corrected chi connectivity index (χ4v) is 2.39. The van der Waals surface area contributed by atoms with Gasteiger partial charge in [-0.05, 0) is 60.2 Å². The Kier molecular flexibility index (Phi) is 5.26. The van der Waals surface area contributed by atoms with Gasteiger partial charge in [0.1, 0.15) is 0 Å². The van der Waals surface area contributed by atoms with E-state index in [9.17, 15) is 9.59 Å². The summed E-state index contributed by atoms with van der Waals surface area (Å²) in [5, 5.41) is 1.73. The van der Waals surface area contributed by atoms with Gasteiger partial charge in [-0.15, -0.1) is 0 Å². The van der Waals surface area contributed by atoms with E-state index in [-0.39, 0.29) is 5.91 Å². The molecule has 4 nitrogen and oxygen atoms in total. The minimum atomic E-state index is -0.549. The van der Waals surface area contributed by atoms with E-state index < -0.39 is 10.5 Å². The molecule has 0 aromatic heterocycles. The number of hydrogen-bond donors (Lipinski definition) is 2. The van der Waals surface area contributed by atoms with Gasteiger partial charge >= 0.3 is 0 Å². The molecule has 0 heterocycles. The summed E-state index contributed by atoms with van der Waals surface area (Å²) in [5.74, 6) is -0.224. The van der Waals surface area contributed by atoms with Gasteiger partial charge in [0, 0.05) is 9.26 Å². The van der Waals surface area contributed by atoms with Crippen molar-refractivity contribution in [1.29, 1.82) is 0 Å². The van der Waals surface area contributed by atoms with Crippen LogP contribution in [0, 0.1) is 10.5 Å². The number of rotatable bonds is 3. The molecule has 0 spiro atoms. The minimum absolute atomic E-state index is 0.224. The Labute approximate surface area is 118 Å². The lowest BCUT2D eigenvalue weighted by atomic mass is 10.2. The van der Waals surface area contributed by atoms with Gasteiger partial charge in [0.2, 0.25) is 5.91 Å². The van der Waals surface area contributed by atoms with Gasteiger partial charge in [-0.1, -0.05) is 11.8 Å². The summed E-state index contributed by atoms with van der Waals surface area (Å²) in [6.45, 7) is 3.57. The Bertz CT molecular complexity index is 451. The van der Waals surface area contributed by atoms with Crippen LogP contribution in [0.3, 0.4) is 0 Å². The summed E-state index contributed by atoms with van der Waals surface area (Å²) in [6, 6.07) is 5.73. The van der Waals surface area contributed by atoms with E-state index in [4.69, 9.17) is 5.73 Å². The molecule has 0 fully saturated rings. The zero-order chi connectivity index (χ0) is 13.0. The highest BCUT2D eigenvalue weighted by Gasteiger charge is 2.16. The third-order valence-corrected chi connectivity index (χ3v) is 3.58. The second-order valence-corrected chi connectivity index (χ2v) is 6.12. The molecule has 1 aromatic rings. The fraction of sp³-hybridized carbons (Fsp3) is 0.273.